The third-order valence-corrected chi connectivity index (χ3v) is 3.81. The van der Waals surface area contributed by atoms with Crippen molar-refractivity contribution in [2.75, 3.05) is 19.6 Å². The minimum absolute atomic E-state index is 0.00296. The molecule has 5 heteroatoms. The highest BCUT2D eigenvalue weighted by molar-refractivity contribution is 5.89. The molecule has 0 aliphatic carbocycles. The molecule has 2 rings (SSSR count). The summed E-state index contributed by atoms with van der Waals surface area (Å²) in [7, 11) is 0. The number of aliphatic hydroxyl groups is 1. The van der Waals surface area contributed by atoms with E-state index in [1.807, 2.05) is 13.8 Å². The van der Waals surface area contributed by atoms with E-state index in [2.05, 4.69) is 0 Å². The van der Waals surface area contributed by atoms with Gasteiger partial charge >= 0.3 is 0 Å². The van der Waals surface area contributed by atoms with Gasteiger partial charge in [0.2, 0.25) is 11.8 Å². The van der Waals surface area contributed by atoms with Crippen LogP contribution < -0.4 is 0 Å². The molecule has 0 aromatic heterocycles. The number of rotatable bonds is 3. The van der Waals surface area contributed by atoms with Gasteiger partial charge in [-0.3, -0.25) is 9.59 Å². The summed E-state index contributed by atoms with van der Waals surface area (Å²) in [6, 6.07) is -0.356. The van der Waals surface area contributed by atoms with Gasteiger partial charge in [-0.25, -0.2) is 0 Å². The minimum atomic E-state index is -0.406. The van der Waals surface area contributed by atoms with Gasteiger partial charge < -0.3 is 14.9 Å². The van der Waals surface area contributed by atoms with Crippen LogP contribution in [0.2, 0.25) is 0 Å². The Morgan fingerprint density at radius 2 is 2.11 bits per heavy atom. The van der Waals surface area contributed by atoms with Crippen molar-refractivity contribution in [2.45, 2.75) is 45.3 Å². The van der Waals surface area contributed by atoms with Gasteiger partial charge in [0, 0.05) is 26.1 Å². The van der Waals surface area contributed by atoms with E-state index in [4.69, 9.17) is 0 Å². The summed E-state index contributed by atoms with van der Waals surface area (Å²) < 4.78 is 0. The van der Waals surface area contributed by atoms with Crippen LogP contribution in [-0.2, 0) is 9.59 Å². The summed E-state index contributed by atoms with van der Waals surface area (Å²) in [5.41, 5.74) is 0. The van der Waals surface area contributed by atoms with Crippen molar-refractivity contribution in [2.24, 2.45) is 5.92 Å². The highest BCUT2D eigenvalue weighted by Gasteiger charge is 2.38. The normalized spacial score (nSPS) is 26.2. The zero-order chi connectivity index (χ0) is 13.3. The molecule has 0 aromatic carbocycles. The van der Waals surface area contributed by atoms with Gasteiger partial charge in [0.05, 0.1) is 6.10 Å². The molecule has 18 heavy (non-hydrogen) atoms. The molecule has 2 aliphatic rings. The Hall–Kier alpha value is -1.10. The highest BCUT2D eigenvalue weighted by Crippen LogP contribution is 2.22. The first-order chi connectivity index (χ1) is 8.50. The number of hydrogen-bond acceptors (Lipinski definition) is 3. The summed E-state index contributed by atoms with van der Waals surface area (Å²) in [5, 5.41) is 9.51. The third-order valence-electron chi connectivity index (χ3n) is 3.81. The summed E-state index contributed by atoms with van der Waals surface area (Å²) in [6.45, 7) is 5.64. The highest BCUT2D eigenvalue weighted by atomic mass is 16.3. The molecule has 5 nitrogen and oxygen atoms in total. The topological polar surface area (TPSA) is 60.9 Å². The number of carbonyl (C=O) groups excluding carboxylic acids is 2. The third kappa shape index (κ3) is 2.51. The molecule has 102 valence electrons. The van der Waals surface area contributed by atoms with Crippen LogP contribution in [0.3, 0.4) is 0 Å². The van der Waals surface area contributed by atoms with Crippen molar-refractivity contribution in [3.63, 3.8) is 0 Å². The second-order valence-electron chi connectivity index (χ2n) is 5.61. The molecule has 2 aliphatic heterocycles. The largest absolute Gasteiger partial charge is 0.391 e. The SMILES string of the molecule is CC(C)C(C(=O)N1CC[C@@H](O)C1)N1CCCC1=O. The van der Waals surface area contributed by atoms with Crippen LogP contribution >= 0.6 is 0 Å². The average Bonchev–Trinajstić information content (AvgIpc) is 2.88. The zero-order valence-corrected chi connectivity index (χ0v) is 11.1. The number of aliphatic hydroxyl groups excluding tert-OH is 1. The predicted molar refractivity (Wildman–Crippen MR) is 66.8 cm³/mol. The van der Waals surface area contributed by atoms with Crippen molar-refractivity contribution in [3.05, 3.63) is 0 Å². The Kier molecular flexibility index (Phi) is 3.90. The number of likely N-dealkylation sites (tertiary alicyclic amines) is 2. The Bertz CT molecular complexity index is 343. The van der Waals surface area contributed by atoms with E-state index in [0.29, 0.717) is 32.5 Å². The van der Waals surface area contributed by atoms with Gasteiger partial charge in [0.15, 0.2) is 0 Å². The van der Waals surface area contributed by atoms with E-state index in [9.17, 15) is 14.7 Å². The maximum Gasteiger partial charge on any atom is 0.245 e. The molecule has 2 fully saturated rings. The summed E-state index contributed by atoms with van der Waals surface area (Å²) in [5.74, 6) is 0.191. The molecule has 2 atom stereocenters. The first-order valence-corrected chi connectivity index (χ1v) is 6.77. The van der Waals surface area contributed by atoms with Crippen LogP contribution in [0.1, 0.15) is 33.1 Å². The Labute approximate surface area is 108 Å². The molecule has 2 heterocycles. The fourth-order valence-corrected chi connectivity index (χ4v) is 2.87. The van der Waals surface area contributed by atoms with Crippen molar-refractivity contribution in [1.82, 2.24) is 9.80 Å². The lowest BCUT2D eigenvalue weighted by Crippen LogP contribution is -2.51. The van der Waals surface area contributed by atoms with Crippen LogP contribution in [0.15, 0.2) is 0 Å². The molecule has 1 N–H and O–H groups in total. The maximum atomic E-state index is 12.5. The molecule has 0 aromatic rings. The number of nitrogens with zero attached hydrogens (tertiary/aromatic N) is 2. The maximum absolute atomic E-state index is 12.5. The van der Waals surface area contributed by atoms with E-state index in [1.165, 1.54) is 0 Å². The van der Waals surface area contributed by atoms with E-state index >= 15 is 0 Å². The lowest BCUT2D eigenvalue weighted by Gasteiger charge is -2.33. The number of β-amino-alcohol motifs (C(OH)–C–C–N with tert-alkyl or cyclic N) is 1. The molecular formula is C13H22N2O3. The monoisotopic (exact) mass is 254 g/mol. The first-order valence-electron chi connectivity index (χ1n) is 6.77. The summed E-state index contributed by atoms with van der Waals surface area (Å²) >= 11 is 0. The van der Waals surface area contributed by atoms with Gasteiger partial charge in [0.1, 0.15) is 6.04 Å². The molecule has 1 unspecified atom stereocenters. The van der Waals surface area contributed by atoms with Gasteiger partial charge in [-0.05, 0) is 18.8 Å². The molecule has 2 saturated heterocycles. The molecule has 0 radical (unpaired) electrons. The molecular weight excluding hydrogens is 232 g/mol. The van der Waals surface area contributed by atoms with E-state index in [-0.39, 0.29) is 23.8 Å². The molecule has 0 spiro atoms. The van der Waals surface area contributed by atoms with E-state index in [1.54, 1.807) is 9.80 Å². The Morgan fingerprint density at radius 3 is 2.56 bits per heavy atom. The Balaban J connectivity index is 2.10. The summed E-state index contributed by atoms with van der Waals surface area (Å²) in [6.07, 6.45) is 1.64. The van der Waals surface area contributed by atoms with Crippen LogP contribution in [0.4, 0.5) is 0 Å². The van der Waals surface area contributed by atoms with Crippen molar-refractivity contribution in [1.29, 1.82) is 0 Å². The van der Waals surface area contributed by atoms with Gasteiger partial charge in [-0.15, -0.1) is 0 Å². The van der Waals surface area contributed by atoms with Crippen LogP contribution in [0.25, 0.3) is 0 Å². The van der Waals surface area contributed by atoms with Gasteiger partial charge in [-0.2, -0.15) is 0 Å². The fraction of sp³-hybridized carbons (Fsp3) is 0.846. The molecule has 2 amide bonds. The number of carbonyl (C=O) groups is 2. The van der Waals surface area contributed by atoms with Crippen molar-refractivity contribution >= 4 is 11.8 Å². The smallest absolute Gasteiger partial charge is 0.245 e. The fourth-order valence-electron chi connectivity index (χ4n) is 2.87. The lowest BCUT2D eigenvalue weighted by atomic mass is 10.0. The number of hydrogen-bond donors (Lipinski definition) is 1. The van der Waals surface area contributed by atoms with Crippen molar-refractivity contribution in [3.8, 4) is 0 Å². The van der Waals surface area contributed by atoms with Crippen LogP contribution in [-0.4, -0.2) is 58.5 Å². The number of amides is 2. The Morgan fingerprint density at radius 1 is 1.39 bits per heavy atom. The van der Waals surface area contributed by atoms with Crippen LogP contribution in [0, 0.1) is 5.92 Å². The van der Waals surface area contributed by atoms with E-state index < -0.39 is 6.10 Å². The quantitative estimate of drug-likeness (QED) is 0.784. The zero-order valence-electron chi connectivity index (χ0n) is 11.1. The second-order valence-corrected chi connectivity index (χ2v) is 5.61. The molecule has 0 saturated carbocycles. The van der Waals surface area contributed by atoms with E-state index in [0.717, 1.165) is 6.42 Å². The van der Waals surface area contributed by atoms with Gasteiger partial charge in [-0.1, -0.05) is 13.8 Å². The first kappa shape index (κ1) is 13.3. The van der Waals surface area contributed by atoms with Gasteiger partial charge in [0.25, 0.3) is 0 Å². The van der Waals surface area contributed by atoms with Crippen molar-refractivity contribution < 1.29 is 14.7 Å². The lowest BCUT2D eigenvalue weighted by molar-refractivity contribution is -0.144. The standard InChI is InChI=1S/C13H22N2O3/c1-9(2)12(15-6-3-4-11(15)17)13(18)14-7-5-10(16)8-14/h9-10,12,16H,3-8H2,1-2H3/t10-,12?/m1/s1. The second kappa shape index (κ2) is 5.26. The minimum Gasteiger partial charge on any atom is -0.391 e. The molecule has 0 bridgehead atoms. The van der Waals surface area contributed by atoms with Crippen LogP contribution in [0.5, 0.6) is 0 Å². The average molecular weight is 254 g/mol. The summed E-state index contributed by atoms with van der Waals surface area (Å²) in [4.78, 5) is 27.7. The predicted octanol–water partition coefficient (Wildman–Crippen LogP) is 0.227.